The van der Waals surface area contributed by atoms with Gasteiger partial charge in [-0.3, -0.25) is 14.3 Å². The molecule has 27 heavy (non-hydrogen) atoms. The first-order valence-corrected chi connectivity index (χ1v) is 9.48. The normalized spacial score (nSPS) is 19.6. The van der Waals surface area contributed by atoms with Gasteiger partial charge in [0.2, 0.25) is 11.8 Å². The predicted molar refractivity (Wildman–Crippen MR) is 104 cm³/mol. The van der Waals surface area contributed by atoms with Crippen LogP contribution in [0.3, 0.4) is 0 Å². The van der Waals surface area contributed by atoms with Crippen molar-refractivity contribution in [3.63, 3.8) is 0 Å². The summed E-state index contributed by atoms with van der Waals surface area (Å²) in [5.74, 6) is -0.381. The largest absolute Gasteiger partial charge is 0.356 e. The van der Waals surface area contributed by atoms with E-state index in [2.05, 4.69) is 10.4 Å². The van der Waals surface area contributed by atoms with E-state index in [4.69, 9.17) is 0 Å². The maximum atomic E-state index is 12.8. The van der Waals surface area contributed by atoms with Crippen LogP contribution in [0.5, 0.6) is 0 Å². The first-order valence-electron chi connectivity index (χ1n) is 9.48. The average molecular weight is 368 g/mol. The molecule has 0 bridgehead atoms. The monoisotopic (exact) mass is 368 g/mol. The number of likely N-dealkylation sites (tertiary alicyclic amines) is 1. The van der Waals surface area contributed by atoms with E-state index in [0.29, 0.717) is 6.54 Å². The van der Waals surface area contributed by atoms with Gasteiger partial charge in [-0.15, -0.1) is 0 Å². The van der Waals surface area contributed by atoms with E-state index in [9.17, 15) is 9.59 Å². The summed E-state index contributed by atoms with van der Waals surface area (Å²) in [5.41, 5.74) is 4.30. The number of hydrogen-bond donors (Lipinski definition) is 1. The molecule has 2 aromatic rings. The number of aryl methyl sites for hydroxylation is 4. The molecule has 0 radical (unpaired) electrons. The molecule has 1 fully saturated rings. The van der Waals surface area contributed by atoms with Gasteiger partial charge in [-0.25, -0.2) is 0 Å². The second-order valence-electron chi connectivity index (χ2n) is 7.47. The summed E-state index contributed by atoms with van der Waals surface area (Å²) in [6.45, 7) is 7.38. The van der Waals surface area contributed by atoms with E-state index in [1.54, 1.807) is 11.9 Å². The molecular formula is C21H28N4O2. The van der Waals surface area contributed by atoms with E-state index in [-0.39, 0.29) is 30.2 Å². The van der Waals surface area contributed by atoms with Crippen LogP contribution in [0.15, 0.2) is 30.3 Å². The van der Waals surface area contributed by atoms with E-state index in [0.717, 1.165) is 35.5 Å². The van der Waals surface area contributed by atoms with Gasteiger partial charge in [0.05, 0.1) is 17.7 Å². The highest BCUT2D eigenvalue weighted by Gasteiger charge is 2.42. The second kappa shape index (κ2) is 7.94. The average Bonchev–Trinajstić information content (AvgIpc) is 3.11. The first kappa shape index (κ1) is 19.1. The topological polar surface area (TPSA) is 67.2 Å². The van der Waals surface area contributed by atoms with Crippen molar-refractivity contribution in [1.82, 2.24) is 20.0 Å². The Morgan fingerprint density at radius 1 is 1.22 bits per heavy atom. The number of carbonyl (C=O) groups is 2. The van der Waals surface area contributed by atoms with Gasteiger partial charge in [0.1, 0.15) is 0 Å². The van der Waals surface area contributed by atoms with Crippen LogP contribution in [-0.2, 0) is 16.1 Å². The van der Waals surface area contributed by atoms with Crippen molar-refractivity contribution < 1.29 is 9.59 Å². The van der Waals surface area contributed by atoms with Crippen molar-refractivity contribution in [3.8, 4) is 0 Å². The summed E-state index contributed by atoms with van der Waals surface area (Å²) >= 11 is 0. The molecule has 1 N–H and O–H groups in total. The van der Waals surface area contributed by atoms with Crippen molar-refractivity contribution >= 4 is 11.8 Å². The number of nitrogens with zero attached hydrogens (tertiary/aromatic N) is 3. The second-order valence-corrected chi connectivity index (χ2v) is 7.47. The summed E-state index contributed by atoms with van der Waals surface area (Å²) in [5, 5.41) is 7.45. The molecule has 0 saturated carbocycles. The number of nitrogens with one attached hydrogen (secondary N) is 1. The molecule has 1 aliphatic rings. The summed E-state index contributed by atoms with van der Waals surface area (Å²) in [4.78, 5) is 26.7. The van der Waals surface area contributed by atoms with Crippen LogP contribution in [0.1, 0.15) is 41.4 Å². The van der Waals surface area contributed by atoms with Crippen LogP contribution in [0, 0.1) is 26.7 Å². The van der Waals surface area contributed by atoms with Gasteiger partial charge in [0, 0.05) is 32.3 Å². The van der Waals surface area contributed by atoms with Crippen LogP contribution >= 0.6 is 0 Å². The van der Waals surface area contributed by atoms with E-state index in [1.165, 1.54) is 0 Å². The Balaban J connectivity index is 1.59. The lowest BCUT2D eigenvalue weighted by molar-refractivity contribution is -0.128. The van der Waals surface area contributed by atoms with Crippen LogP contribution < -0.4 is 5.32 Å². The minimum absolute atomic E-state index is 0.0170. The van der Waals surface area contributed by atoms with E-state index in [1.807, 2.05) is 55.8 Å². The zero-order chi connectivity index (χ0) is 19.6. The van der Waals surface area contributed by atoms with Gasteiger partial charge in [-0.2, -0.15) is 5.10 Å². The molecule has 6 nitrogen and oxygen atoms in total. The van der Waals surface area contributed by atoms with Gasteiger partial charge in [-0.05, 0) is 38.8 Å². The zero-order valence-electron chi connectivity index (χ0n) is 16.5. The Labute approximate surface area is 160 Å². The van der Waals surface area contributed by atoms with Gasteiger partial charge >= 0.3 is 0 Å². The Hall–Kier alpha value is -2.63. The molecular weight excluding hydrogens is 340 g/mol. The maximum absolute atomic E-state index is 12.8. The third-order valence-electron chi connectivity index (χ3n) is 5.29. The number of benzene rings is 1. The fourth-order valence-electron chi connectivity index (χ4n) is 3.80. The molecule has 3 rings (SSSR count). The number of aromatic nitrogens is 2. The minimum Gasteiger partial charge on any atom is -0.356 e. The molecule has 2 heterocycles. The van der Waals surface area contributed by atoms with Crippen LogP contribution in [-0.4, -0.2) is 40.1 Å². The van der Waals surface area contributed by atoms with Gasteiger partial charge in [-0.1, -0.05) is 29.8 Å². The Morgan fingerprint density at radius 2 is 1.93 bits per heavy atom. The van der Waals surface area contributed by atoms with Crippen molar-refractivity contribution in [2.24, 2.45) is 5.92 Å². The van der Waals surface area contributed by atoms with Crippen molar-refractivity contribution in [1.29, 1.82) is 0 Å². The van der Waals surface area contributed by atoms with Crippen LogP contribution in [0.2, 0.25) is 0 Å². The molecule has 0 spiro atoms. The number of hydrogen-bond acceptors (Lipinski definition) is 3. The highest BCUT2D eigenvalue weighted by molar-refractivity contribution is 5.90. The zero-order valence-corrected chi connectivity index (χ0v) is 16.5. The molecule has 2 amide bonds. The molecule has 1 aromatic carbocycles. The highest BCUT2D eigenvalue weighted by atomic mass is 16.2. The molecule has 144 valence electrons. The lowest BCUT2D eigenvalue weighted by Crippen LogP contribution is -2.35. The highest BCUT2D eigenvalue weighted by Crippen LogP contribution is 2.37. The quantitative estimate of drug-likeness (QED) is 0.797. The van der Waals surface area contributed by atoms with E-state index < -0.39 is 0 Å². The molecule has 1 saturated heterocycles. The third-order valence-corrected chi connectivity index (χ3v) is 5.29. The molecule has 1 aliphatic heterocycles. The Morgan fingerprint density at radius 3 is 2.56 bits per heavy atom. The Bertz CT molecular complexity index is 825. The summed E-state index contributed by atoms with van der Waals surface area (Å²) in [7, 11) is 1.78. The summed E-state index contributed by atoms with van der Waals surface area (Å²) in [6.07, 6.45) is 1.07. The smallest absolute Gasteiger partial charge is 0.226 e. The van der Waals surface area contributed by atoms with Gasteiger partial charge in [0.15, 0.2) is 0 Å². The third kappa shape index (κ3) is 4.21. The van der Waals surface area contributed by atoms with Gasteiger partial charge in [0.25, 0.3) is 0 Å². The van der Waals surface area contributed by atoms with Gasteiger partial charge < -0.3 is 10.2 Å². The summed E-state index contributed by atoms with van der Waals surface area (Å²) in [6, 6.07) is 9.92. The first-order chi connectivity index (χ1) is 12.9. The molecule has 1 aromatic heterocycles. The van der Waals surface area contributed by atoms with Crippen LogP contribution in [0.4, 0.5) is 0 Å². The Kier molecular flexibility index (Phi) is 5.63. The fourth-order valence-corrected chi connectivity index (χ4v) is 3.80. The predicted octanol–water partition coefficient (Wildman–Crippen LogP) is 2.53. The molecule has 0 unspecified atom stereocenters. The molecule has 2 atom stereocenters. The van der Waals surface area contributed by atoms with E-state index >= 15 is 0 Å². The molecule has 0 aliphatic carbocycles. The van der Waals surface area contributed by atoms with Crippen molar-refractivity contribution in [2.45, 2.75) is 46.2 Å². The number of amides is 2. The lowest BCUT2D eigenvalue weighted by atomic mass is 9.92. The number of carbonyl (C=O) groups excluding carboxylic acids is 2. The standard InChI is InChI=1S/C21H28N4O2/c1-14-6-8-17(9-7-14)20-18(13-19(26)24(20)4)21(27)22-10-5-11-25-16(3)12-15(2)23-25/h6-9,12,18,20H,5,10-11,13H2,1-4H3,(H,22,27)/t18-,20+/m0/s1. The van der Waals surface area contributed by atoms with Crippen molar-refractivity contribution in [3.05, 3.63) is 52.8 Å². The fraction of sp³-hybridized carbons (Fsp3) is 0.476. The van der Waals surface area contributed by atoms with Crippen molar-refractivity contribution in [2.75, 3.05) is 13.6 Å². The molecule has 6 heteroatoms. The summed E-state index contributed by atoms with van der Waals surface area (Å²) < 4.78 is 1.96. The minimum atomic E-state index is -0.348. The maximum Gasteiger partial charge on any atom is 0.226 e. The number of rotatable bonds is 6. The SMILES string of the molecule is Cc1ccc([C@@H]2[C@@H](C(=O)NCCCn3nc(C)cc3C)CC(=O)N2C)cc1. The lowest BCUT2D eigenvalue weighted by Gasteiger charge is -2.25. The van der Waals surface area contributed by atoms with Crippen LogP contribution in [0.25, 0.3) is 0 Å².